The van der Waals surface area contributed by atoms with Gasteiger partial charge in [0.05, 0.1) is 16.9 Å². The Kier molecular flexibility index (Phi) is 3.01. The third kappa shape index (κ3) is 2.18. The van der Waals surface area contributed by atoms with Gasteiger partial charge in [-0.1, -0.05) is 0 Å². The molecule has 0 aromatic heterocycles. The largest absolute Gasteiger partial charge is 0.396 e. The first-order chi connectivity index (χ1) is 6.54. The number of nitriles is 1. The molecular formula is C7H6FN3O2S. The molecule has 4 N–H and O–H groups in total. The van der Waals surface area contributed by atoms with Crippen molar-refractivity contribution in [3.63, 3.8) is 0 Å². The second-order valence-electron chi connectivity index (χ2n) is 2.38. The van der Waals surface area contributed by atoms with Crippen LogP contribution in [0.4, 0.5) is 15.8 Å². The summed E-state index contributed by atoms with van der Waals surface area (Å²) in [4.78, 5) is 0. The predicted molar refractivity (Wildman–Crippen MR) is 49.9 cm³/mol. The molecule has 0 bridgehead atoms. The number of halogens is 1. The average Bonchev–Trinajstić information content (AvgIpc) is 2.10. The molecule has 0 fully saturated rings. The summed E-state index contributed by atoms with van der Waals surface area (Å²) in [6, 6.07) is 3.64. The van der Waals surface area contributed by atoms with Gasteiger partial charge in [-0.2, -0.15) is 5.26 Å². The summed E-state index contributed by atoms with van der Waals surface area (Å²) in [6.45, 7) is 0. The van der Waals surface area contributed by atoms with Crippen molar-refractivity contribution in [2.24, 2.45) is 0 Å². The lowest BCUT2D eigenvalue weighted by Crippen LogP contribution is -2.05. The maximum absolute atomic E-state index is 12.8. The van der Waals surface area contributed by atoms with Crippen molar-refractivity contribution in [3.05, 3.63) is 23.5 Å². The van der Waals surface area contributed by atoms with E-state index >= 15 is 0 Å². The van der Waals surface area contributed by atoms with E-state index in [1.807, 2.05) is 0 Å². The molecule has 1 rings (SSSR count). The molecule has 0 saturated heterocycles. The van der Waals surface area contributed by atoms with Crippen molar-refractivity contribution >= 4 is 22.6 Å². The third-order valence-corrected chi connectivity index (χ3v) is 1.85. The Morgan fingerprint density at radius 2 is 2.29 bits per heavy atom. The second kappa shape index (κ2) is 4.04. The van der Waals surface area contributed by atoms with E-state index in [4.69, 9.17) is 15.5 Å². The summed E-state index contributed by atoms with van der Waals surface area (Å²) in [5.74, 6) is -0.740. The van der Waals surface area contributed by atoms with Crippen LogP contribution in [0, 0.1) is 17.1 Å². The van der Waals surface area contributed by atoms with Crippen LogP contribution >= 0.6 is 0 Å². The summed E-state index contributed by atoms with van der Waals surface area (Å²) in [6.07, 6.45) is 0. The highest BCUT2D eigenvalue weighted by Gasteiger charge is 2.08. The van der Waals surface area contributed by atoms with Crippen LogP contribution in [0.2, 0.25) is 0 Å². The van der Waals surface area contributed by atoms with Gasteiger partial charge in [0, 0.05) is 0 Å². The third-order valence-electron chi connectivity index (χ3n) is 1.45. The molecule has 1 atom stereocenters. The van der Waals surface area contributed by atoms with Crippen LogP contribution in [0.5, 0.6) is 0 Å². The molecule has 1 aromatic carbocycles. The van der Waals surface area contributed by atoms with Gasteiger partial charge in [0.1, 0.15) is 11.9 Å². The van der Waals surface area contributed by atoms with Crippen molar-refractivity contribution in [2.75, 3.05) is 10.5 Å². The van der Waals surface area contributed by atoms with Crippen LogP contribution < -0.4 is 10.5 Å². The van der Waals surface area contributed by atoms with Crippen molar-refractivity contribution in [2.45, 2.75) is 0 Å². The number of nitrogens with two attached hydrogens (primary N) is 1. The molecule has 7 heteroatoms. The molecule has 5 nitrogen and oxygen atoms in total. The van der Waals surface area contributed by atoms with E-state index in [0.29, 0.717) is 0 Å². The molecule has 0 radical (unpaired) electrons. The van der Waals surface area contributed by atoms with Crippen LogP contribution in [-0.4, -0.2) is 8.76 Å². The molecule has 0 saturated carbocycles. The highest BCUT2D eigenvalue weighted by atomic mass is 32.2. The number of benzene rings is 1. The van der Waals surface area contributed by atoms with E-state index in [1.165, 1.54) is 0 Å². The van der Waals surface area contributed by atoms with Gasteiger partial charge in [-0.15, -0.1) is 0 Å². The number of hydrogen-bond donors (Lipinski definition) is 3. The Bertz CT molecular complexity index is 430. The van der Waals surface area contributed by atoms with E-state index in [2.05, 4.69) is 4.72 Å². The van der Waals surface area contributed by atoms with Gasteiger partial charge in [0.25, 0.3) is 11.3 Å². The number of nitrogen functional groups attached to an aromatic ring is 1. The Morgan fingerprint density at radius 3 is 2.79 bits per heavy atom. The molecule has 0 aliphatic carbocycles. The summed E-state index contributed by atoms with van der Waals surface area (Å²) < 4.78 is 33.8. The molecule has 74 valence electrons. The predicted octanol–water partition coefficient (Wildman–Crippen LogP) is 0.828. The summed E-state index contributed by atoms with van der Waals surface area (Å²) in [5, 5.41) is 8.57. The fraction of sp³-hybridized carbons (Fsp3) is 0. The minimum atomic E-state index is -2.32. The Balaban J connectivity index is 3.22. The van der Waals surface area contributed by atoms with Crippen molar-refractivity contribution in [1.29, 1.82) is 5.26 Å². The number of rotatable bonds is 2. The quantitative estimate of drug-likeness (QED) is 0.502. The van der Waals surface area contributed by atoms with Gasteiger partial charge in [0.2, 0.25) is 0 Å². The maximum atomic E-state index is 12.8. The minimum Gasteiger partial charge on any atom is -0.396 e. The summed E-state index contributed by atoms with van der Waals surface area (Å²) in [5.41, 5.74) is 4.95. The van der Waals surface area contributed by atoms with Gasteiger partial charge in [-0.05, 0) is 12.1 Å². The molecule has 0 aliphatic heterocycles. The molecule has 14 heavy (non-hydrogen) atoms. The van der Waals surface area contributed by atoms with Crippen molar-refractivity contribution in [1.82, 2.24) is 0 Å². The van der Waals surface area contributed by atoms with E-state index in [1.54, 1.807) is 6.07 Å². The lowest BCUT2D eigenvalue weighted by Gasteiger charge is -2.05. The molecule has 1 unspecified atom stereocenters. The fourth-order valence-corrected chi connectivity index (χ4v) is 1.22. The van der Waals surface area contributed by atoms with Gasteiger partial charge < -0.3 is 5.73 Å². The monoisotopic (exact) mass is 215 g/mol. The Hall–Kier alpha value is -1.65. The normalized spacial score (nSPS) is 11.8. The van der Waals surface area contributed by atoms with E-state index in [9.17, 15) is 8.60 Å². The first kappa shape index (κ1) is 10.4. The number of nitrogens with one attached hydrogen (secondary N) is 1. The van der Waals surface area contributed by atoms with Gasteiger partial charge >= 0.3 is 0 Å². The average molecular weight is 215 g/mol. The number of nitrogens with zero attached hydrogens (tertiary/aromatic N) is 1. The molecule has 0 aliphatic rings. The lowest BCUT2D eigenvalue weighted by atomic mass is 10.2. The molecule has 0 spiro atoms. The Morgan fingerprint density at radius 1 is 1.64 bits per heavy atom. The Labute approximate surface area is 81.8 Å². The molecule has 0 amide bonds. The summed E-state index contributed by atoms with van der Waals surface area (Å²) in [7, 11) is 0. The van der Waals surface area contributed by atoms with Crippen LogP contribution in [0.25, 0.3) is 0 Å². The zero-order chi connectivity index (χ0) is 10.7. The number of anilines is 2. The smallest absolute Gasteiger partial charge is 0.259 e. The molecule has 1 aromatic rings. The van der Waals surface area contributed by atoms with Crippen LogP contribution in [0.3, 0.4) is 0 Å². The van der Waals surface area contributed by atoms with Gasteiger partial charge in [-0.3, -0.25) is 9.27 Å². The minimum absolute atomic E-state index is 0.0206. The summed E-state index contributed by atoms with van der Waals surface area (Å²) >= 11 is -2.32. The SMILES string of the molecule is N#Cc1cc(F)c(N)cc1NS(=O)O. The molecular weight excluding hydrogens is 209 g/mol. The first-order valence-corrected chi connectivity index (χ1v) is 4.52. The number of hydrogen-bond acceptors (Lipinski definition) is 3. The van der Waals surface area contributed by atoms with E-state index < -0.39 is 17.1 Å². The standard InChI is InChI=1S/C7H6FN3O2S/c8-5-1-4(3-9)7(2-6(5)10)11-14(12)13/h1-2,11H,10H2,(H,12,13). The van der Waals surface area contributed by atoms with Gasteiger partial charge in [0.15, 0.2) is 0 Å². The van der Waals surface area contributed by atoms with Crippen LogP contribution in [-0.2, 0) is 11.3 Å². The van der Waals surface area contributed by atoms with Gasteiger partial charge in [-0.25, -0.2) is 8.60 Å². The first-order valence-electron chi connectivity index (χ1n) is 3.41. The highest BCUT2D eigenvalue weighted by molar-refractivity contribution is 7.80. The van der Waals surface area contributed by atoms with E-state index in [-0.39, 0.29) is 16.9 Å². The zero-order valence-corrected chi connectivity index (χ0v) is 7.64. The van der Waals surface area contributed by atoms with Crippen molar-refractivity contribution < 1.29 is 13.2 Å². The lowest BCUT2D eigenvalue weighted by molar-refractivity contribution is 0.570. The topological polar surface area (TPSA) is 99.1 Å². The second-order valence-corrected chi connectivity index (χ2v) is 3.08. The van der Waals surface area contributed by atoms with Crippen LogP contribution in [0.15, 0.2) is 12.1 Å². The zero-order valence-electron chi connectivity index (χ0n) is 6.82. The maximum Gasteiger partial charge on any atom is 0.259 e. The highest BCUT2D eigenvalue weighted by Crippen LogP contribution is 2.21. The molecule has 0 heterocycles. The van der Waals surface area contributed by atoms with Crippen LogP contribution in [0.1, 0.15) is 5.56 Å². The van der Waals surface area contributed by atoms with E-state index in [0.717, 1.165) is 12.1 Å². The van der Waals surface area contributed by atoms with Crippen molar-refractivity contribution in [3.8, 4) is 6.07 Å². The fourth-order valence-electron chi connectivity index (χ4n) is 0.861.